The standard InChI is InChI=1S/C14H10N4O2S3/c1-9-5-7-21-11(9)3-2-10-4-6-15-13(17-10)23-14-16-8-12(22-14)18(19)20/h2-8H,1H3. The second kappa shape index (κ2) is 6.99. The van der Waals surface area contributed by atoms with Crippen LogP contribution in [-0.4, -0.2) is 19.9 Å². The van der Waals surface area contributed by atoms with E-state index in [2.05, 4.69) is 27.9 Å². The van der Waals surface area contributed by atoms with Crippen molar-refractivity contribution < 1.29 is 4.92 Å². The molecule has 23 heavy (non-hydrogen) atoms. The van der Waals surface area contributed by atoms with Gasteiger partial charge in [-0.1, -0.05) is 0 Å². The molecule has 0 saturated carbocycles. The molecule has 0 fully saturated rings. The molecule has 3 aromatic rings. The lowest BCUT2D eigenvalue weighted by molar-refractivity contribution is -0.380. The summed E-state index contributed by atoms with van der Waals surface area (Å²) in [6.07, 6.45) is 6.86. The second-order valence-electron chi connectivity index (χ2n) is 4.39. The van der Waals surface area contributed by atoms with E-state index in [1.54, 1.807) is 17.5 Å². The van der Waals surface area contributed by atoms with Crippen LogP contribution in [0.3, 0.4) is 0 Å². The van der Waals surface area contributed by atoms with Crippen molar-refractivity contribution in [2.24, 2.45) is 0 Å². The maximum Gasteiger partial charge on any atom is 0.344 e. The Hall–Kier alpha value is -2.10. The lowest BCUT2D eigenvalue weighted by Gasteiger charge is -1.97. The van der Waals surface area contributed by atoms with Crippen LogP contribution in [0, 0.1) is 17.0 Å². The summed E-state index contributed by atoms with van der Waals surface area (Å²) in [5.74, 6) is 0. The van der Waals surface area contributed by atoms with Gasteiger partial charge in [-0.25, -0.2) is 15.0 Å². The van der Waals surface area contributed by atoms with Crippen LogP contribution in [0.15, 0.2) is 39.4 Å². The number of hydrogen-bond donors (Lipinski definition) is 0. The number of aryl methyl sites for hydroxylation is 1. The molecule has 0 bridgehead atoms. The number of thiophene rings is 1. The number of rotatable bonds is 5. The molecular formula is C14H10N4O2S3. The van der Waals surface area contributed by atoms with E-state index in [1.807, 2.05) is 23.6 Å². The Bertz CT molecular complexity index is 872. The van der Waals surface area contributed by atoms with Gasteiger partial charge in [0.15, 0.2) is 9.50 Å². The highest BCUT2D eigenvalue weighted by Gasteiger charge is 2.13. The first-order valence-electron chi connectivity index (χ1n) is 6.45. The molecule has 3 aromatic heterocycles. The lowest BCUT2D eigenvalue weighted by Crippen LogP contribution is -1.88. The molecule has 0 saturated heterocycles. The molecule has 116 valence electrons. The highest BCUT2D eigenvalue weighted by Crippen LogP contribution is 2.32. The predicted octanol–water partition coefficient (Wildman–Crippen LogP) is 4.53. The first-order valence-corrected chi connectivity index (χ1v) is 8.96. The summed E-state index contributed by atoms with van der Waals surface area (Å²) in [6, 6.07) is 3.88. The van der Waals surface area contributed by atoms with Gasteiger partial charge in [0.2, 0.25) is 0 Å². The minimum Gasteiger partial charge on any atom is -0.257 e. The third kappa shape index (κ3) is 4.01. The zero-order valence-corrected chi connectivity index (χ0v) is 14.3. The van der Waals surface area contributed by atoms with Gasteiger partial charge in [0.05, 0.1) is 10.6 Å². The fourth-order valence-corrected chi connectivity index (χ4v) is 4.13. The molecule has 3 heterocycles. The monoisotopic (exact) mass is 362 g/mol. The van der Waals surface area contributed by atoms with Crippen LogP contribution in [0.25, 0.3) is 12.2 Å². The van der Waals surface area contributed by atoms with E-state index >= 15 is 0 Å². The van der Waals surface area contributed by atoms with Crippen molar-refractivity contribution in [1.29, 1.82) is 0 Å². The van der Waals surface area contributed by atoms with Gasteiger partial charge >= 0.3 is 5.00 Å². The maximum atomic E-state index is 10.7. The number of nitrogens with zero attached hydrogens (tertiary/aromatic N) is 4. The van der Waals surface area contributed by atoms with Crippen molar-refractivity contribution in [3.63, 3.8) is 0 Å². The van der Waals surface area contributed by atoms with Crippen molar-refractivity contribution in [3.05, 3.63) is 56.2 Å². The highest BCUT2D eigenvalue weighted by atomic mass is 32.2. The van der Waals surface area contributed by atoms with Gasteiger partial charge in [-0.3, -0.25) is 10.1 Å². The van der Waals surface area contributed by atoms with Gasteiger partial charge in [0.1, 0.15) is 6.20 Å². The van der Waals surface area contributed by atoms with E-state index in [4.69, 9.17) is 0 Å². The number of hydrogen-bond acceptors (Lipinski definition) is 8. The van der Waals surface area contributed by atoms with Crippen molar-refractivity contribution in [1.82, 2.24) is 15.0 Å². The average molecular weight is 362 g/mol. The van der Waals surface area contributed by atoms with Gasteiger partial charge in [-0.05, 0) is 65.3 Å². The summed E-state index contributed by atoms with van der Waals surface area (Å²) in [5, 5.41) is 13.2. The minimum atomic E-state index is -0.453. The van der Waals surface area contributed by atoms with Gasteiger partial charge in [0.25, 0.3) is 0 Å². The molecule has 6 nitrogen and oxygen atoms in total. The maximum absolute atomic E-state index is 10.7. The van der Waals surface area contributed by atoms with Gasteiger partial charge in [0, 0.05) is 11.1 Å². The largest absolute Gasteiger partial charge is 0.344 e. The summed E-state index contributed by atoms with van der Waals surface area (Å²) in [7, 11) is 0. The van der Waals surface area contributed by atoms with E-state index in [1.165, 1.54) is 28.4 Å². The molecule has 0 radical (unpaired) electrons. The summed E-state index contributed by atoms with van der Waals surface area (Å²) >= 11 is 3.90. The highest BCUT2D eigenvalue weighted by molar-refractivity contribution is 8.00. The summed E-state index contributed by atoms with van der Waals surface area (Å²) in [6.45, 7) is 2.06. The number of nitro groups is 1. The van der Waals surface area contributed by atoms with E-state index < -0.39 is 4.92 Å². The van der Waals surface area contributed by atoms with Gasteiger partial charge in [-0.2, -0.15) is 0 Å². The topological polar surface area (TPSA) is 81.8 Å². The Balaban J connectivity index is 1.75. The van der Waals surface area contributed by atoms with Crippen LogP contribution in [0.4, 0.5) is 5.00 Å². The molecule has 9 heteroatoms. The lowest BCUT2D eigenvalue weighted by atomic mass is 10.2. The summed E-state index contributed by atoms with van der Waals surface area (Å²) in [5.41, 5.74) is 2.01. The van der Waals surface area contributed by atoms with E-state index in [0.717, 1.165) is 17.0 Å². The molecule has 0 aliphatic heterocycles. The Kier molecular flexibility index (Phi) is 4.79. The first kappa shape index (κ1) is 15.8. The van der Waals surface area contributed by atoms with Gasteiger partial charge in [-0.15, -0.1) is 11.3 Å². The minimum absolute atomic E-state index is 0.0109. The quantitative estimate of drug-likeness (QED) is 0.377. The van der Waals surface area contributed by atoms with Gasteiger partial charge < -0.3 is 0 Å². The zero-order valence-electron chi connectivity index (χ0n) is 11.9. The molecule has 0 N–H and O–H groups in total. The molecule has 0 aliphatic carbocycles. The van der Waals surface area contributed by atoms with Crippen molar-refractivity contribution in [2.45, 2.75) is 16.4 Å². The average Bonchev–Trinajstić information content (AvgIpc) is 3.15. The molecule has 0 aliphatic rings. The fraction of sp³-hybridized carbons (Fsp3) is 0.0714. The molecule has 3 rings (SSSR count). The fourth-order valence-electron chi connectivity index (χ4n) is 1.67. The number of thiazole rings is 1. The Labute approximate surface area is 144 Å². The Morgan fingerprint density at radius 2 is 2.17 bits per heavy atom. The molecule has 0 spiro atoms. The number of aromatic nitrogens is 3. The van der Waals surface area contributed by atoms with Crippen LogP contribution >= 0.6 is 34.4 Å². The summed E-state index contributed by atoms with van der Waals surface area (Å²) < 4.78 is 0.548. The van der Waals surface area contributed by atoms with Crippen LogP contribution in [0.2, 0.25) is 0 Å². The molecule has 0 atom stereocenters. The third-order valence-corrected chi connectivity index (χ3v) is 5.68. The van der Waals surface area contributed by atoms with Crippen LogP contribution < -0.4 is 0 Å². The van der Waals surface area contributed by atoms with Crippen LogP contribution in [0.5, 0.6) is 0 Å². The van der Waals surface area contributed by atoms with Crippen molar-refractivity contribution >= 4 is 51.6 Å². The summed E-state index contributed by atoms with van der Waals surface area (Å²) in [4.78, 5) is 24.0. The van der Waals surface area contributed by atoms with E-state index in [9.17, 15) is 10.1 Å². The first-order chi connectivity index (χ1) is 11.1. The molecular weight excluding hydrogens is 352 g/mol. The Morgan fingerprint density at radius 3 is 2.87 bits per heavy atom. The van der Waals surface area contributed by atoms with E-state index in [0.29, 0.717) is 9.50 Å². The normalized spacial score (nSPS) is 11.2. The van der Waals surface area contributed by atoms with Crippen molar-refractivity contribution in [3.8, 4) is 0 Å². The smallest absolute Gasteiger partial charge is 0.257 e. The Morgan fingerprint density at radius 1 is 1.30 bits per heavy atom. The molecule has 0 aromatic carbocycles. The second-order valence-corrected chi connectivity index (χ2v) is 7.56. The molecule has 0 unspecified atom stereocenters. The zero-order chi connectivity index (χ0) is 16.2. The van der Waals surface area contributed by atoms with Crippen LogP contribution in [-0.2, 0) is 0 Å². The van der Waals surface area contributed by atoms with Crippen molar-refractivity contribution in [2.75, 3.05) is 0 Å². The van der Waals surface area contributed by atoms with Crippen LogP contribution in [0.1, 0.15) is 16.1 Å². The third-order valence-electron chi connectivity index (χ3n) is 2.79. The SMILES string of the molecule is Cc1ccsc1C=Cc1ccnc(Sc2ncc([N+](=O)[O-])s2)n1. The predicted molar refractivity (Wildman–Crippen MR) is 92.9 cm³/mol. The molecule has 0 amide bonds. The van der Waals surface area contributed by atoms with E-state index in [-0.39, 0.29) is 5.00 Å².